The topological polar surface area (TPSA) is 45.7 Å². The molecular weight excluding hydrogens is 307 g/mol. The Labute approximate surface area is 127 Å². The van der Waals surface area contributed by atoms with E-state index in [1.807, 2.05) is 19.1 Å². The second kappa shape index (κ2) is 7.15. The minimum absolute atomic E-state index is 0.281. The Hall–Kier alpha value is -0.740. The molecule has 3 N–H and O–H groups in total. The van der Waals surface area contributed by atoms with Crippen molar-refractivity contribution in [1.82, 2.24) is 5.32 Å². The first-order chi connectivity index (χ1) is 8.84. The van der Waals surface area contributed by atoms with Crippen LogP contribution < -0.4 is 10.6 Å². The van der Waals surface area contributed by atoms with Gasteiger partial charge in [-0.2, -0.15) is 0 Å². The zero-order valence-electron chi connectivity index (χ0n) is 10.5. The van der Waals surface area contributed by atoms with Crippen molar-refractivity contribution in [2.45, 2.75) is 16.9 Å². The van der Waals surface area contributed by atoms with Gasteiger partial charge >= 0.3 is 0 Å². The molecule has 0 spiro atoms. The number of nitrogens with one attached hydrogen (secondary N) is 1. The van der Waals surface area contributed by atoms with Gasteiger partial charge in [-0.25, -0.2) is 0 Å². The molecule has 0 aliphatic heterocycles. The molecule has 0 fully saturated rings. The molecule has 104 valence electrons. The summed E-state index contributed by atoms with van der Waals surface area (Å²) in [7, 11) is 0. The van der Waals surface area contributed by atoms with Crippen molar-refractivity contribution in [1.29, 1.82) is 0 Å². The van der Waals surface area contributed by atoms with Crippen LogP contribution in [0.5, 0.6) is 0 Å². The highest BCUT2D eigenvalue weighted by atomic mass is 35.6. The lowest BCUT2D eigenvalue weighted by molar-refractivity contribution is -0.683. The van der Waals surface area contributed by atoms with Crippen molar-refractivity contribution in [2.75, 3.05) is 6.54 Å². The summed E-state index contributed by atoms with van der Waals surface area (Å²) in [4.78, 5) is 12.0. The maximum atomic E-state index is 12.0. The molecule has 6 heteroatoms. The van der Waals surface area contributed by atoms with Crippen molar-refractivity contribution in [3.63, 3.8) is 0 Å². The van der Waals surface area contributed by atoms with Crippen molar-refractivity contribution in [3.8, 4) is 0 Å². The zero-order valence-corrected chi connectivity index (χ0v) is 12.8. The number of halogens is 3. The predicted octanol–water partition coefficient (Wildman–Crippen LogP) is 2.17. The van der Waals surface area contributed by atoms with Gasteiger partial charge in [0.15, 0.2) is 0 Å². The number of alkyl halides is 3. The Morgan fingerprint density at radius 3 is 2.47 bits per heavy atom. The Morgan fingerprint density at radius 1 is 1.42 bits per heavy atom. The first kappa shape index (κ1) is 16.3. The molecule has 1 atom stereocenters. The fourth-order valence-corrected chi connectivity index (χ4v) is 1.87. The highest BCUT2D eigenvalue weighted by Gasteiger charge is 2.37. The van der Waals surface area contributed by atoms with E-state index in [-0.39, 0.29) is 5.91 Å². The molecule has 0 aliphatic carbocycles. The molecule has 0 bridgehead atoms. The van der Waals surface area contributed by atoms with Crippen molar-refractivity contribution in [3.05, 3.63) is 48.0 Å². The maximum Gasteiger partial charge on any atom is 0.262 e. The molecule has 1 rings (SSSR count). The van der Waals surface area contributed by atoms with Gasteiger partial charge in [0.05, 0.1) is 6.54 Å². The summed E-state index contributed by atoms with van der Waals surface area (Å²) in [6.07, 6.45) is 0.992. The molecule has 0 saturated carbocycles. The van der Waals surface area contributed by atoms with Crippen LogP contribution in [0.1, 0.15) is 15.9 Å². The van der Waals surface area contributed by atoms with Crippen LogP contribution in [0.2, 0.25) is 0 Å². The van der Waals surface area contributed by atoms with Crippen LogP contribution >= 0.6 is 34.8 Å². The Balaban J connectivity index is 2.75. The summed E-state index contributed by atoms with van der Waals surface area (Å²) >= 11 is 17.5. The molecule has 0 unspecified atom stereocenters. The molecule has 1 aromatic carbocycles. The van der Waals surface area contributed by atoms with E-state index in [0.717, 1.165) is 5.56 Å². The average Bonchev–Trinajstić information content (AvgIpc) is 2.33. The van der Waals surface area contributed by atoms with Gasteiger partial charge in [0.2, 0.25) is 6.17 Å². The van der Waals surface area contributed by atoms with Gasteiger partial charge in [-0.1, -0.05) is 59.1 Å². The van der Waals surface area contributed by atoms with Crippen LogP contribution in [-0.4, -0.2) is 22.4 Å². The Kier molecular flexibility index (Phi) is 6.14. The highest BCUT2D eigenvalue weighted by molar-refractivity contribution is 6.68. The first-order valence-electron chi connectivity index (χ1n) is 5.73. The normalized spacial score (nSPS) is 12.8. The van der Waals surface area contributed by atoms with Gasteiger partial charge < -0.3 is 5.32 Å². The van der Waals surface area contributed by atoms with Crippen LogP contribution in [-0.2, 0) is 0 Å². The number of aryl methyl sites for hydroxylation is 1. The molecule has 1 aromatic rings. The molecule has 3 nitrogen and oxygen atoms in total. The molecule has 0 heterocycles. The minimum Gasteiger partial charge on any atom is -0.320 e. The third-order valence-corrected chi connectivity index (χ3v) is 3.20. The van der Waals surface area contributed by atoms with E-state index in [0.29, 0.717) is 12.1 Å². The van der Waals surface area contributed by atoms with Gasteiger partial charge in [-0.3, -0.25) is 10.1 Å². The Bertz CT molecular complexity index is 440. The standard InChI is InChI=1S/C13H15Cl3N2O/c1-3-8-17-12(13(14,15)16)18-11(19)10-6-4-9(2)5-7-10/h3-7,12,17H,1,8H2,2H3,(H,18,19)/p+1/t12-/m1/s1. The summed E-state index contributed by atoms with van der Waals surface area (Å²) in [5.74, 6) is -0.281. The van der Waals surface area contributed by atoms with Gasteiger partial charge in [-0.15, -0.1) is 0 Å². The SMILES string of the molecule is C=CC[NH2+][C@H](NC(=O)c1ccc(C)cc1)C(Cl)(Cl)Cl. The molecule has 0 saturated heterocycles. The summed E-state index contributed by atoms with van der Waals surface area (Å²) in [6, 6.07) is 7.17. The number of benzene rings is 1. The molecule has 0 aliphatic rings. The first-order valence-corrected chi connectivity index (χ1v) is 6.86. The monoisotopic (exact) mass is 321 g/mol. The second-order valence-electron chi connectivity index (χ2n) is 4.12. The van der Waals surface area contributed by atoms with Crippen molar-refractivity contribution >= 4 is 40.7 Å². The lowest BCUT2D eigenvalue weighted by Gasteiger charge is -2.22. The number of rotatable bonds is 5. The van der Waals surface area contributed by atoms with Crippen LogP contribution in [0.25, 0.3) is 0 Å². The number of quaternary nitrogens is 1. The van der Waals surface area contributed by atoms with E-state index in [1.165, 1.54) is 0 Å². The second-order valence-corrected chi connectivity index (χ2v) is 6.49. The van der Waals surface area contributed by atoms with E-state index >= 15 is 0 Å². The average molecular weight is 323 g/mol. The summed E-state index contributed by atoms with van der Waals surface area (Å²) in [6.45, 7) is 6.07. The van der Waals surface area contributed by atoms with E-state index in [1.54, 1.807) is 23.5 Å². The number of nitrogens with two attached hydrogens (primary N) is 1. The third-order valence-electron chi connectivity index (χ3n) is 2.49. The van der Waals surface area contributed by atoms with Gasteiger partial charge in [-0.05, 0) is 25.1 Å². The number of carbonyl (C=O) groups excluding carboxylic acids is 1. The fourth-order valence-electron chi connectivity index (χ4n) is 1.44. The third kappa shape index (κ3) is 5.41. The Morgan fingerprint density at radius 2 is 2.00 bits per heavy atom. The van der Waals surface area contributed by atoms with Gasteiger partial charge in [0, 0.05) is 5.56 Å². The van der Waals surface area contributed by atoms with Gasteiger partial charge in [0.1, 0.15) is 0 Å². The van der Waals surface area contributed by atoms with Crippen LogP contribution in [0, 0.1) is 6.92 Å². The minimum atomic E-state index is -1.59. The maximum absolute atomic E-state index is 12.0. The van der Waals surface area contributed by atoms with Crippen molar-refractivity contribution in [2.24, 2.45) is 0 Å². The van der Waals surface area contributed by atoms with E-state index in [2.05, 4.69) is 11.9 Å². The van der Waals surface area contributed by atoms with Crippen molar-refractivity contribution < 1.29 is 10.1 Å². The van der Waals surface area contributed by atoms with Crippen LogP contribution in [0.3, 0.4) is 0 Å². The van der Waals surface area contributed by atoms with Crippen LogP contribution in [0.15, 0.2) is 36.9 Å². The lowest BCUT2D eigenvalue weighted by atomic mass is 10.1. The van der Waals surface area contributed by atoms with E-state index < -0.39 is 9.96 Å². The number of hydrogen-bond donors (Lipinski definition) is 2. The molecule has 19 heavy (non-hydrogen) atoms. The summed E-state index contributed by atoms with van der Waals surface area (Å²) in [5.41, 5.74) is 1.60. The quantitative estimate of drug-likeness (QED) is 0.487. The summed E-state index contributed by atoms with van der Waals surface area (Å²) < 4.78 is -1.59. The van der Waals surface area contributed by atoms with Crippen LogP contribution in [0.4, 0.5) is 0 Å². The fraction of sp³-hybridized carbons (Fsp3) is 0.308. The highest BCUT2D eigenvalue weighted by Crippen LogP contribution is 2.27. The number of carbonyl (C=O) groups is 1. The molecular formula is C13H16Cl3N2O+. The van der Waals surface area contributed by atoms with E-state index in [4.69, 9.17) is 34.8 Å². The number of amides is 1. The number of hydrogen-bond acceptors (Lipinski definition) is 1. The molecule has 0 aromatic heterocycles. The van der Waals surface area contributed by atoms with E-state index in [9.17, 15) is 4.79 Å². The zero-order chi connectivity index (χ0) is 14.5. The lowest BCUT2D eigenvalue weighted by Crippen LogP contribution is -2.96. The predicted molar refractivity (Wildman–Crippen MR) is 79.7 cm³/mol. The summed E-state index contributed by atoms with van der Waals surface area (Å²) in [5, 5.41) is 4.39. The smallest absolute Gasteiger partial charge is 0.262 e. The molecule has 1 amide bonds. The van der Waals surface area contributed by atoms with Gasteiger partial charge in [0.25, 0.3) is 9.70 Å². The molecule has 0 radical (unpaired) electrons. The largest absolute Gasteiger partial charge is 0.320 e.